The maximum absolute atomic E-state index is 3.97. The van der Waals surface area contributed by atoms with Gasteiger partial charge in [-0.05, 0) is 29.9 Å². The first-order valence-electron chi connectivity index (χ1n) is 6.66. The van der Waals surface area contributed by atoms with Crippen molar-refractivity contribution in [3.8, 4) is 0 Å². The molecule has 1 heteroatoms. The molecule has 0 amide bonds. The van der Waals surface area contributed by atoms with Crippen LogP contribution in [0.5, 0.6) is 0 Å². The molecule has 0 aromatic heterocycles. The summed E-state index contributed by atoms with van der Waals surface area (Å²) in [6, 6.07) is 8.84. The molecule has 1 nitrogen and oxygen atoms in total. The van der Waals surface area contributed by atoms with Crippen LogP contribution in [0.1, 0.15) is 49.7 Å². The standard InChI is InChI=1S/C17H25N/c1-6-15(11-10-14(4)18-5)17-9-7-8-16(12-17)13(2)3/h6-9,12-13,15,18H,1,4,10-11H2,2-3,5H3. The molecule has 0 saturated heterocycles. The second-order valence-electron chi connectivity index (χ2n) is 5.06. The summed E-state index contributed by atoms with van der Waals surface area (Å²) in [7, 11) is 1.92. The summed E-state index contributed by atoms with van der Waals surface area (Å²) in [6.45, 7) is 12.4. The zero-order valence-corrected chi connectivity index (χ0v) is 11.9. The summed E-state index contributed by atoms with van der Waals surface area (Å²) in [5.41, 5.74) is 3.84. The molecule has 0 aliphatic heterocycles. The van der Waals surface area contributed by atoms with Crippen molar-refractivity contribution >= 4 is 0 Å². The van der Waals surface area contributed by atoms with Crippen molar-refractivity contribution in [1.82, 2.24) is 5.32 Å². The third kappa shape index (κ3) is 4.06. The van der Waals surface area contributed by atoms with E-state index in [0.29, 0.717) is 11.8 Å². The number of hydrogen-bond donors (Lipinski definition) is 1. The molecule has 98 valence electrons. The van der Waals surface area contributed by atoms with Gasteiger partial charge in [0.25, 0.3) is 0 Å². The van der Waals surface area contributed by atoms with Gasteiger partial charge in [0, 0.05) is 18.7 Å². The molecule has 0 saturated carbocycles. The van der Waals surface area contributed by atoms with Crippen LogP contribution < -0.4 is 5.32 Å². The SMILES string of the molecule is C=CC(CCC(=C)NC)c1cccc(C(C)C)c1. The van der Waals surface area contributed by atoms with E-state index in [2.05, 4.69) is 56.6 Å². The van der Waals surface area contributed by atoms with Crippen molar-refractivity contribution in [3.05, 3.63) is 60.3 Å². The minimum atomic E-state index is 0.411. The van der Waals surface area contributed by atoms with E-state index in [1.54, 1.807) is 0 Å². The maximum atomic E-state index is 3.97. The summed E-state index contributed by atoms with van der Waals surface area (Å²) in [5, 5.41) is 3.10. The molecule has 1 aromatic rings. The number of allylic oxidation sites excluding steroid dienone is 2. The third-order valence-electron chi connectivity index (χ3n) is 3.40. The Balaban J connectivity index is 2.78. The van der Waals surface area contributed by atoms with Gasteiger partial charge in [-0.3, -0.25) is 0 Å². The van der Waals surface area contributed by atoms with Crippen molar-refractivity contribution in [2.75, 3.05) is 7.05 Å². The summed E-state index contributed by atoms with van der Waals surface area (Å²) in [4.78, 5) is 0. The van der Waals surface area contributed by atoms with Crippen LogP contribution in [0.3, 0.4) is 0 Å². The second-order valence-corrected chi connectivity index (χ2v) is 5.06. The highest BCUT2D eigenvalue weighted by Crippen LogP contribution is 2.26. The van der Waals surface area contributed by atoms with Gasteiger partial charge in [-0.25, -0.2) is 0 Å². The Morgan fingerprint density at radius 3 is 2.56 bits per heavy atom. The van der Waals surface area contributed by atoms with Gasteiger partial charge < -0.3 is 5.32 Å². The minimum absolute atomic E-state index is 0.411. The topological polar surface area (TPSA) is 12.0 Å². The molecule has 0 bridgehead atoms. The number of nitrogens with one attached hydrogen (secondary N) is 1. The first-order valence-corrected chi connectivity index (χ1v) is 6.66. The summed E-state index contributed by atoms with van der Waals surface area (Å²) >= 11 is 0. The molecule has 0 heterocycles. The average Bonchev–Trinajstić information content (AvgIpc) is 2.39. The fourth-order valence-electron chi connectivity index (χ4n) is 2.02. The van der Waals surface area contributed by atoms with E-state index in [1.165, 1.54) is 11.1 Å². The van der Waals surface area contributed by atoms with Gasteiger partial charge >= 0.3 is 0 Å². The van der Waals surface area contributed by atoms with Gasteiger partial charge in [0.15, 0.2) is 0 Å². The number of rotatable bonds is 7. The summed E-state index contributed by atoms with van der Waals surface area (Å²) < 4.78 is 0. The van der Waals surface area contributed by atoms with Gasteiger partial charge in [0.2, 0.25) is 0 Å². The summed E-state index contributed by atoms with van der Waals surface area (Å²) in [6.07, 6.45) is 4.09. The van der Waals surface area contributed by atoms with E-state index >= 15 is 0 Å². The van der Waals surface area contributed by atoms with E-state index in [0.717, 1.165) is 18.5 Å². The Labute approximate surface area is 112 Å². The number of benzene rings is 1. The van der Waals surface area contributed by atoms with Crippen LogP contribution >= 0.6 is 0 Å². The lowest BCUT2D eigenvalue weighted by Gasteiger charge is -2.16. The molecule has 1 aromatic carbocycles. The molecule has 0 spiro atoms. The van der Waals surface area contributed by atoms with Gasteiger partial charge in [0.05, 0.1) is 0 Å². The fraction of sp³-hybridized carbons (Fsp3) is 0.412. The van der Waals surface area contributed by atoms with Crippen LogP contribution in [0.4, 0.5) is 0 Å². The monoisotopic (exact) mass is 243 g/mol. The van der Waals surface area contributed by atoms with Crippen molar-refractivity contribution in [1.29, 1.82) is 0 Å². The van der Waals surface area contributed by atoms with E-state index in [-0.39, 0.29) is 0 Å². The van der Waals surface area contributed by atoms with Crippen LogP contribution in [0.15, 0.2) is 49.2 Å². The highest BCUT2D eigenvalue weighted by atomic mass is 14.8. The van der Waals surface area contributed by atoms with Gasteiger partial charge in [-0.1, -0.05) is 50.8 Å². The molecule has 18 heavy (non-hydrogen) atoms. The molecule has 0 aliphatic carbocycles. The largest absolute Gasteiger partial charge is 0.392 e. The molecular formula is C17H25N. The lowest BCUT2D eigenvalue weighted by atomic mass is 9.90. The smallest absolute Gasteiger partial charge is 0.00313 e. The second kappa shape index (κ2) is 7.05. The molecule has 1 rings (SSSR count). The van der Waals surface area contributed by atoms with Crippen LogP contribution in [0, 0.1) is 0 Å². The Morgan fingerprint density at radius 2 is 2.00 bits per heavy atom. The number of hydrogen-bond acceptors (Lipinski definition) is 1. The molecule has 0 radical (unpaired) electrons. The maximum Gasteiger partial charge on any atom is 0.00313 e. The molecule has 0 fully saturated rings. The van der Waals surface area contributed by atoms with Gasteiger partial charge in [-0.2, -0.15) is 0 Å². The third-order valence-corrected chi connectivity index (χ3v) is 3.40. The summed E-state index contributed by atoms with van der Waals surface area (Å²) in [5.74, 6) is 0.983. The van der Waals surface area contributed by atoms with E-state index < -0.39 is 0 Å². The molecule has 1 unspecified atom stereocenters. The van der Waals surface area contributed by atoms with Crippen molar-refractivity contribution in [3.63, 3.8) is 0 Å². The van der Waals surface area contributed by atoms with Crippen LogP contribution in [0.25, 0.3) is 0 Å². The molecule has 1 N–H and O–H groups in total. The van der Waals surface area contributed by atoms with Crippen molar-refractivity contribution in [2.24, 2.45) is 0 Å². The van der Waals surface area contributed by atoms with E-state index in [4.69, 9.17) is 0 Å². The van der Waals surface area contributed by atoms with E-state index in [9.17, 15) is 0 Å². The Bertz CT molecular complexity index is 404. The minimum Gasteiger partial charge on any atom is -0.392 e. The fourth-order valence-corrected chi connectivity index (χ4v) is 2.02. The highest BCUT2D eigenvalue weighted by Gasteiger charge is 2.09. The predicted molar refractivity (Wildman–Crippen MR) is 80.9 cm³/mol. The predicted octanol–water partition coefficient (Wildman–Crippen LogP) is 4.59. The highest BCUT2D eigenvalue weighted by molar-refractivity contribution is 5.30. The van der Waals surface area contributed by atoms with Crippen LogP contribution in [-0.2, 0) is 0 Å². The zero-order valence-electron chi connectivity index (χ0n) is 11.9. The van der Waals surface area contributed by atoms with Crippen molar-refractivity contribution < 1.29 is 0 Å². The lowest BCUT2D eigenvalue weighted by Crippen LogP contribution is -2.06. The Kier molecular flexibility index (Phi) is 5.70. The Morgan fingerprint density at radius 1 is 1.33 bits per heavy atom. The van der Waals surface area contributed by atoms with Crippen LogP contribution in [-0.4, -0.2) is 7.05 Å². The first-order chi connectivity index (χ1) is 8.58. The van der Waals surface area contributed by atoms with Gasteiger partial charge in [0.1, 0.15) is 0 Å². The molecular weight excluding hydrogens is 218 g/mol. The normalized spacial score (nSPS) is 12.2. The van der Waals surface area contributed by atoms with E-state index in [1.807, 2.05) is 13.1 Å². The van der Waals surface area contributed by atoms with Gasteiger partial charge in [-0.15, -0.1) is 6.58 Å². The van der Waals surface area contributed by atoms with Crippen molar-refractivity contribution in [2.45, 2.75) is 38.5 Å². The Hall–Kier alpha value is -1.50. The molecule has 1 atom stereocenters. The molecule has 0 aliphatic rings. The van der Waals surface area contributed by atoms with Crippen LogP contribution in [0.2, 0.25) is 0 Å². The zero-order chi connectivity index (χ0) is 13.5. The average molecular weight is 243 g/mol. The quantitative estimate of drug-likeness (QED) is 0.690. The first kappa shape index (κ1) is 14.6. The lowest BCUT2D eigenvalue weighted by molar-refractivity contribution is 0.702.